The van der Waals surface area contributed by atoms with Crippen molar-refractivity contribution in [3.63, 3.8) is 0 Å². The molecule has 0 aliphatic rings. The summed E-state index contributed by atoms with van der Waals surface area (Å²) in [6, 6.07) is 14.3. The number of halogens is 1. The van der Waals surface area contributed by atoms with Crippen LogP contribution in [0.4, 0.5) is 21.6 Å². The SMILES string of the molecule is COc1ccccc1NC(=O)Cn1nc2nc(Nc3ccc(F)cc3)ccn2c1=O. The normalized spacial score (nSPS) is 10.7. The molecule has 152 valence electrons. The maximum atomic E-state index is 13.0. The first-order chi connectivity index (χ1) is 14.5. The third-order valence-corrected chi connectivity index (χ3v) is 4.25. The van der Waals surface area contributed by atoms with Gasteiger partial charge in [0.1, 0.15) is 23.9 Å². The van der Waals surface area contributed by atoms with Gasteiger partial charge in [-0.1, -0.05) is 12.1 Å². The average Bonchev–Trinajstić information content (AvgIpc) is 3.04. The lowest BCUT2D eigenvalue weighted by Gasteiger charge is -2.09. The van der Waals surface area contributed by atoms with Crippen molar-refractivity contribution in [2.24, 2.45) is 0 Å². The van der Waals surface area contributed by atoms with E-state index in [1.807, 2.05) is 0 Å². The summed E-state index contributed by atoms with van der Waals surface area (Å²) in [4.78, 5) is 29.1. The lowest BCUT2D eigenvalue weighted by Crippen LogP contribution is -2.28. The van der Waals surface area contributed by atoms with Gasteiger partial charge in [-0.25, -0.2) is 18.3 Å². The molecule has 2 aromatic carbocycles. The fourth-order valence-corrected chi connectivity index (χ4v) is 2.83. The molecule has 0 radical (unpaired) electrons. The number of nitrogens with one attached hydrogen (secondary N) is 2. The number of benzene rings is 2. The van der Waals surface area contributed by atoms with Crippen molar-refractivity contribution in [3.05, 3.63) is 77.1 Å². The first-order valence-corrected chi connectivity index (χ1v) is 8.95. The van der Waals surface area contributed by atoms with Gasteiger partial charge >= 0.3 is 5.69 Å². The maximum Gasteiger partial charge on any atom is 0.352 e. The molecular formula is C20H17FN6O3. The summed E-state index contributed by atoms with van der Waals surface area (Å²) >= 11 is 0. The van der Waals surface area contributed by atoms with Crippen molar-refractivity contribution in [1.82, 2.24) is 19.2 Å². The maximum absolute atomic E-state index is 13.0. The Bertz CT molecular complexity index is 1270. The van der Waals surface area contributed by atoms with Crippen molar-refractivity contribution < 1.29 is 13.9 Å². The van der Waals surface area contributed by atoms with E-state index in [4.69, 9.17) is 4.74 Å². The van der Waals surface area contributed by atoms with Gasteiger partial charge in [-0.3, -0.25) is 4.79 Å². The molecule has 0 spiro atoms. The Kier molecular flexibility index (Phi) is 5.12. The third-order valence-electron chi connectivity index (χ3n) is 4.25. The number of nitrogens with zero attached hydrogens (tertiary/aromatic N) is 4. The number of amides is 1. The number of anilines is 3. The quantitative estimate of drug-likeness (QED) is 0.508. The van der Waals surface area contributed by atoms with Gasteiger partial charge < -0.3 is 15.4 Å². The molecule has 1 amide bonds. The summed E-state index contributed by atoms with van der Waals surface area (Å²) in [5, 5.41) is 9.81. The predicted octanol–water partition coefficient (Wildman–Crippen LogP) is 2.42. The van der Waals surface area contributed by atoms with Crippen molar-refractivity contribution >= 4 is 28.9 Å². The summed E-state index contributed by atoms with van der Waals surface area (Å²) in [5.41, 5.74) is 0.623. The van der Waals surface area contributed by atoms with E-state index in [-0.39, 0.29) is 18.1 Å². The standard InChI is InChI=1S/C20H17FN6O3/c1-30-16-5-3-2-4-15(16)23-18(28)12-27-20(29)26-11-10-17(24-19(26)25-27)22-14-8-6-13(21)7-9-14/h2-11H,12H2,1H3,(H,23,28)(H,22,24,25). The van der Waals surface area contributed by atoms with E-state index in [0.717, 1.165) is 4.68 Å². The van der Waals surface area contributed by atoms with Crippen LogP contribution in [0.1, 0.15) is 0 Å². The molecule has 0 atom stereocenters. The highest BCUT2D eigenvalue weighted by molar-refractivity contribution is 5.92. The fourth-order valence-electron chi connectivity index (χ4n) is 2.83. The number of methoxy groups -OCH3 is 1. The number of hydrogen-bond donors (Lipinski definition) is 2. The van der Waals surface area contributed by atoms with E-state index >= 15 is 0 Å². The number of rotatable bonds is 6. The highest BCUT2D eigenvalue weighted by atomic mass is 19.1. The Morgan fingerprint density at radius 1 is 1.13 bits per heavy atom. The lowest BCUT2D eigenvalue weighted by molar-refractivity contribution is -0.117. The predicted molar refractivity (Wildman–Crippen MR) is 109 cm³/mol. The van der Waals surface area contributed by atoms with Crippen LogP contribution in [0, 0.1) is 5.82 Å². The molecule has 0 saturated carbocycles. The molecule has 0 fully saturated rings. The largest absolute Gasteiger partial charge is 0.495 e. The summed E-state index contributed by atoms with van der Waals surface area (Å²) in [6.07, 6.45) is 1.50. The molecule has 0 saturated heterocycles. The number of hydrogen-bond acceptors (Lipinski definition) is 6. The molecule has 30 heavy (non-hydrogen) atoms. The van der Waals surface area contributed by atoms with Gasteiger partial charge in [0.15, 0.2) is 0 Å². The van der Waals surface area contributed by atoms with E-state index in [9.17, 15) is 14.0 Å². The molecule has 4 rings (SSSR count). The Labute approximate surface area is 169 Å². The van der Waals surface area contributed by atoms with E-state index in [2.05, 4.69) is 20.7 Å². The summed E-state index contributed by atoms with van der Waals surface area (Å²) in [7, 11) is 1.50. The van der Waals surface area contributed by atoms with Gasteiger partial charge in [0.2, 0.25) is 5.91 Å². The van der Waals surface area contributed by atoms with Crippen LogP contribution in [0.25, 0.3) is 5.78 Å². The molecule has 4 aromatic rings. The van der Waals surface area contributed by atoms with Gasteiger partial charge in [-0.15, -0.1) is 5.10 Å². The van der Waals surface area contributed by atoms with Gasteiger partial charge in [0.05, 0.1) is 12.8 Å². The second-order valence-corrected chi connectivity index (χ2v) is 6.30. The monoisotopic (exact) mass is 408 g/mol. The molecule has 9 nitrogen and oxygen atoms in total. The number of aromatic nitrogens is 4. The van der Waals surface area contributed by atoms with Crippen molar-refractivity contribution in [2.75, 3.05) is 17.7 Å². The zero-order chi connectivity index (χ0) is 21.1. The summed E-state index contributed by atoms with van der Waals surface area (Å²) in [6.45, 7) is -0.291. The summed E-state index contributed by atoms with van der Waals surface area (Å²) < 4.78 is 20.5. The van der Waals surface area contributed by atoms with E-state index in [1.54, 1.807) is 42.5 Å². The molecule has 2 aromatic heterocycles. The smallest absolute Gasteiger partial charge is 0.352 e. The molecule has 0 aliphatic carbocycles. The van der Waals surface area contributed by atoms with E-state index in [0.29, 0.717) is 22.9 Å². The third kappa shape index (κ3) is 3.97. The van der Waals surface area contributed by atoms with Crippen molar-refractivity contribution in [3.8, 4) is 5.75 Å². The van der Waals surface area contributed by atoms with Crippen LogP contribution in [0.5, 0.6) is 5.75 Å². The number of ether oxygens (including phenoxy) is 1. The number of para-hydroxylation sites is 2. The van der Waals surface area contributed by atoms with Crippen LogP contribution >= 0.6 is 0 Å². The second-order valence-electron chi connectivity index (χ2n) is 6.30. The minimum Gasteiger partial charge on any atom is -0.495 e. The summed E-state index contributed by atoms with van der Waals surface area (Å²) in [5.74, 6) is 0.267. The second kappa shape index (κ2) is 8.03. The first-order valence-electron chi connectivity index (χ1n) is 8.95. The molecular weight excluding hydrogens is 391 g/mol. The van der Waals surface area contributed by atoms with Gasteiger partial charge in [-0.05, 0) is 42.5 Å². The van der Waals surface area contributed by atoms with Gasteiger partial charge in [-0.2, -0.15) is 4.98 Å². The van der Waals surface area contributed by atoms with Crippen LogP contribution in [0.2, 0.25) is 0 Å². The molecule has 0 unspecified atom stereocenters. The number of carbonyl (C=O) groups excluding carboxylic acids is 1. The Morgan fingerprint density at radius 2 is 1.90 bits per heavy atom. The number of fused-ring (bicyclic) bond motifs is 1. The van der Waals surface area contributed by atoms with Crippen LogP contribution in [0.15, 0.2) is 65.6 Å². The van der Waals surface area contributed by atoms with E-state index < -0.39 is 11.6 Å². The fraction of sp³-hybridized carbons (Fsp3) is 0.100. The first kappa shape index (κ1) is 19.1. The Hall–Kier alpha value is -4.21. The zero-order valence-electron chi connectivity index (χ0n) is 15.9. The van der Waals surface area contributed by atoms with Crippen LogP contribution < -0.4 is 21.1 Å². The van der Waals surface area contributed by atoms with Crippen LogP contribution in [-0.2, 0) is 11.3 Å². The minimum atomic E-state index is -0.499. The minimum absolute atomic E-state index is 0.122. The Morgan fingerprint density at radius 3 is 2.67 bits per heavy atom. The Balaban J connectivity index is 1.53. The lowest BCUT2D eigenvalue weighted by atomic mass is 10.3. The number of carbonyl (C=O) groups is 1. The molecule has 2 heterocycles. The van der Waals surface area contributed by atoms with E-state index in [1.165, 1.54) is 29.8 Å². The van der Waals surface area contributed by atoms with Gasteiger partial charge in [0, 0.05) is 11.9 Å². The van der Waals surface area contributed by atoms with Gasteiger partial charge in [0.25, 0.3) is 5.78 Å². The average molecular weight is 408 g/mol. The van der Waals surface area contributed by atoms with Crippen LogP contribution in [0.3, 0.4) is 0 Å². The zero-order valence-corrected chi connectivity index (χ0v) is 15.9. The van der Waals surface area contributed by atoms with Crippen LogP contribution in [-0.4, -0.2) is 32.2 Å². The molecule has 10 heteroatoms. The van der Waals surface area contributed by atoms with Crippen molar-refractivity contribution in [2.45, 2.75) is 6.54 Å². The van der Waals surface area contributed by atoms with Crippen molar-refractivity contribution in [1.29, 1.82) is 0 Å². The molecule has 2 N–H and O–H groups in total. The molecule has 0 aliphatic heterocycles. The molecule has 0 bridgehead atoms. The highest BCUT2D eigenvalue weighted by Gasteiger charge is 2.14. The topological polar surface area (TPSA) is 103 Å². The highest BCUT2D eigenvalue weighted by Crippen LogP contribution is 2.22.